The number of hydrogen-bond acceptors (Lipinski definition) is 4. The van der Waals surface area contributed by atoms with Crippen LogP contribution in [0.1, 0.15) is 12.7 Å². The van der Waals surface area contributed by atoms with E-state index in [4.69, 9.17) is 9.15 Å². The molecule has 17 heavy (non-hydrogen) atoms. The first-order chi connectivity index (χ1) is 8.24. The summed E-state index contributed by atoms with van der Waals surface area (Å²) in [5, 5.41) is 7.32. The van der Waals surface area contributed by atoms with Crippen molar-refractivity contribution in [3.05, 3.63) is 36.5 Å². The maximum Gasteiger partial charge on any atom is 0.157 e. The van der Waals surface area contributed by atoms with Crippen LogP contribution in [0.3, 0.4) is 0 Å². The fraction of sp³-hybridized carbons (Fsp3) is 0.417. The fourth-order valence-corrected chi connectivity index (χ4v) is 1.55. The largest absolute Gasteiger partial charge is 0.486 e. The molecule has 2 rings (SSSR count). The zero-order valence-corrected chi connectivity index (χ0v) is 10.1. The van der Waals surface area contributed by atoms with Crippen molar-refractivity contribution < 1.29 is 9.15 Å². The smallest absolute Gasteiger partial charge is 0.157 e. The second kappa shape index (κ2) is 5.54. The number of furan rings is 1. The van der Waals surface area contributed by atoms with E-state index in [1.54, 1.807) is 17.1 Å². The third kappa shape index (κ3) is 3.64. The molecule has 0 aliphatic carbocycles. The second-order valence-corrected chi connectivity index (χ2v) is 3.99. The van der Waals surface area contributed by atoms with Gasteiger partial charge in [0.1, 0.15) is 11.9 Å². The molecule has 0 radical (unpaired) electrons. The molecule has 0 fully saturated rings. The molecule has 0 aliphatic heterocycles. The van der Waals surface area contributed by atoms with E-state index >= 15 is 0 Å². The molecule has 0 spiro atoms. The van der Waals surface area contributed by atoms with E-state index in [2.05, 4.69) is 10.4 Å². The summed E-state index contributed by atoms with van der Waals surface area (Å²) in [5.41, 5.74) is 0. The lowest BCUT2D eigenvalue weighted by Crippen LogP contribution is -2.28. The zero-order valence-electron chi connectivity index (χ0n) is 10.1. The molecular weight excluding hydrogens is 218 g/mol. The SMILES string of the molecule is CC(CNCc1ccco1)Oc1cnn(C)c1. The molecule has 1 N–H and O–H groups in total. The number of nitrogens with zero attached hydrogens (tertiary/aromatic N) is 2. The molecule has 0 bridgehead atoms. The molecule has 1 atom stereocenters. The van der Waals surface area contributed by atoms with Crippen molar-refractivity contribution >= 4 is 0 Å². The van der Waals surface area contributed by atoms with Crippen LogP contribution >= 0.6 is 0 Å². The fourth-order valence-electron chi connectivity index (χ4n) is 1.55. The maximum absolute atomic E-state index is 5.68. The van der Waals surface area contributed by atoms with Gasteiger partial charge in [0.25, 0.3) is 0 Å². The summed E-state index contributed by atoms with van der Waals surface area (Å²) in [7, 11) is 1.87. The van der Waals surface area contributed by atoms with Crippen LogP contribution in [0.5, 0.6) is 5.75 Å². The van der Waals surface area contributed by atoms with Crippen LogP contribution in [-0.4, -0.2) is 22.4 Å². The lowest BCUT2D eigenvalue weighted by molar-refractivity contribution is 0.215. The van der Waals surface area contributed by atoms with Crippen LogP contribution in [0.25, 0.3) is 0 Å². The molecule has 5 heteroatoms. The zero-order chi connectivity index (χ0) is 12.1. The normalized spacial score (nSPS) is 12.6. The summed E-state index contributed by atoms with van der Waals surface area (Å²) < 4.78 is 12.6. The second-order valence-electron chi connectivity index (χ2n) is 3.99. The monoisotopic (exact) mass is 235 g/mol. The van der Waals surface area contributed by atoms with Crippen molar-refractivity contribution in [3.8, 4) is 5.75 Å². The molecule has 0 aromatic carbocycles. The van der Waals surface area contributed by atoms with Crippen LogP contribution in [0.2, 0.25) is 0 Å². The Morgan fingerprint density at radius 1 is 1.59 bits per heavy atom. The molecule has 0 saturated heterocycles. The van der Waals surface area contributed by atoms with E-state index < -0.39 is 0 Å². The molecule has 2 heterocycles. The van der Waals surface area contributed by atoms with Gasteiger partial charge in [-0.1, -0.05) is 0 Å². The molecular formula is C12H17N3O2. The van der Waals surface area contributed by atoms with Gasteiger partial charge in [-0.2, -0.15) is 5.10 Å². The first kappa shape index (κ1) is 11.7. The minimum Gasteiger partial charge on any atom is -0.486 e. The van der Waals surface area contributed by atoms with Crippen molar-refractivity contribution in [2.45, 2.75) is 19.6 Å². The Morgan fingerprint density at radius 2 is 2.47 bits per heavy atom. The van der Waals surface area contributed by atoms with Crippen molar-refractivity contribution in [2.75, 3.05) is 6.54 Å². The summed E-state index contributed by atoms with van der Waals surface area (Å²) in [4.78, 5) is 0. The first-order valence-corrected chi connectivity index (χ1v) is 5.62. The molecule has 0 amide bonds. The number of aromatic nitrogens is 2. The summed E-state index contributed by atoms with van der Waals surface area (Å²) >= 11 is 0. The van der Waals surface area contributed by atoms with Gasteiger partial charge in [0.05, 0.1) is 25.2 Å². The Hall–Kier alpha value is -1.75. The third-order valence-electron chi connectivity index (χ3n) is 2.33. The van der Waals surface area contributed by atoms with E-state index in [1.807, 2.05) is 32.3 Å². The van der Waals surface area contributed by atoms with Crippen LogP contribution in [0.4, 0.5) is 0 Å². The summed E-state index contributed by atoms with van der Waals surface area (Å²) in [6, 6.07) is 3.83. The summed E-state index contributed by atoms with van der Waals surface area (Å²) in [6.07, 6.45) is 5.33. The minimum absolute atomic E-state index is 0.0918. The highest BCUT2D eigenvalue weighted by Crippen LogP contribution is 2.09. The highest BCUT2D eigenvalue weighted by Gasteiger charge is 2.05. The lowest BCUT2D eigenvalue weighted by atomic mass is 10.3. The van der Waals surface area contributed by atoms with Gasteiger partial charge in [0.15, 0.2) is 5.75 Å². The van der Waals surface area contributed by atoms with E-state index in [1.165, 1.54) is 0 Å². The van der Waals surface area contributed by atoms with Crippen molar-refractivity contribution in [2.24, 2.45) is 7.05 Å². The van der Waals surface area contributed by atoms with Crippen LogP contribution < -0.4 is 10.1 Å². The van der Waals surface area contributed by atoms with E-state index in [-0.39, 0.29) is 6.10 Å². The molecule has 2 aromatic heterocycles. The standard InChI is InChI=1S/C12H17N3O2/c1-10(17-12-8-14-15(2)9-12)6-13-7-11-4-3-5-16-11/h3-5,8-10,13H,6-7H2,1-2H3. The Labute approximate surface area is 100 Å². The van der Waals surface area contributed by atoms with Gasteiger partial charge in [-0.15, -0.1) is 0 Å². The topological polar surface area (TPSA) is 52.2 Å². The quantitative estimate of drug-likeness (QED) is 0.825. The molecule has 92 valence electrons. The number of aryl methyl sites for hydroxylation is 1. The Bertz CT molecular complexity index is 436. The van der Waals surface area contributed by atoms with Crippen LogP contribution in [-0.2, 0) is 13.6 Å². The highest BCUT2D eigenvalue weighted by molar-refractivity contribution is 5.11. The van der Waals surface area contributed by atoms with Gasteiger partial charge < -0.3 is 14.5 Å². The average Bonchev–Trinajstić information content (AvgIpc) is 2.90. The first-order valence-electron chi connectivity index (χ1n) is 5.62. The van der Waals surface area contributed by atoms with Gasteiger partial charge in [-0.05, 0) is 19.1 Å². The Kier molecular flexibility index (Phi) is 3.82. The van der Waals surface area contributed by atoms with Gasteiger partial charge in [0.2, 0.25) is 0 Å². The predicted octanol–water partition coefficient (Wildman–Crippen LogP) is 1.57. The van der Waals surface area contributed by atoms with Crippen molar-refractivity contribution in [1.82, 2.24) is 15.1 Å². The van der Waals surface area contributed by atoms with Crippen molar-refractivity contribution in [3.63, 3.8) is 0 Å². The lowest BCUT2D eigenvalue weighted by Gasteiger charge is -2.13. The predicted molar refractivity (Wildman–Crippen MR) is 63.7 cm³/mol. The van der Waals surface area contributed by atoms with Crippen molar-refractivity contribution in [1.29, 1.82) is 0 Å². The molecule has 0 aliphatic rings. The molecule has 2 aromatic rings. The molecule has 5 nitrogen and oxygen atoms in total. The number of rotatable bonds is 6. The summed E-state index contributed by atoms with van der Waals surface area (Å²) in [5.74, 6) is 1.72. The minimum atomic E-state index is 0.0918. The number of ether oxygens (including phenoxy) is 1. The maximum atomic E-state index is 5.68. The Morgan fingerprint density at radius 3 is 3.12 bits per heavy atom. The third-order valence-corrected chi connectivity index (χ3v) is 2.33. The van der Waals surface area contributed by atoms with Crippen LogP contribution in [0.15, 0.2) is 35.2 Å². The number of hydrogen-bond donors (Lipinski definition) is 1. The number of nitrogens with one attached hydrogen (secondary N) is 1. The van der Waals surface area contributed by atoms with E-state index in [0.717, 1.165) is 18.1 Å². The van der Waals surface area contributed by atoms with E-state index in [0.29, 0.717) is 6.54 Å². The highest BCUT2D eigenvalue weighted by atomic mass is 16.5. The van der Waals surface area contributed by atoms with E-state index in [9.17, 15) is 0 Å². The van der Waals surface area contributed by atoms with Crippen LogP contribution in [0, 0.1) is 0 Å². The molecule has 0 saturated carbocycles. The average molecular weight is 235 g/mol. The Balaban J connectivity index is 1.69. The van der Waals surface area contributed by atoms with Gasteiger partial charge >= 0.3 is 0 Å². The van der Waals surface area contributed by atoms with Gasteiger partial charge in [0, 0.05) is 13.6 Å². The summed E-state index contributed by atoms with van der Waals surface area (Å²) in [6.45, 7) is 3.49. The molecule has 1 unspecified atom stereocenters. The van der Waals surface area contributed by atoms with Gasteiger partial charge in [-0.25, -0.2) is 0 Å². The van der Waals surface area contributed by atoms with Gasteiger partial charge in [-0.3, -0.25) is 4.68 Å².